The molecular formula is C22H19BrN2O2S. The Hall–Kier alpha value is -2.44. The van der Waals surface area contributed by atoms with Crippen LogP contribution in [0.3, 0.4) is 0 Å². The Morgan fingerprint density at radius 3 is 2.57 bits per heavy atom. The van der Waals surface area contributed by atoms with Crippen LogP contribution in [0.4, 0.5) is 5.69 Å². The SMILES string of the molecule is CCc1ccc(N[C@H]2NC(=O)/C(=C\c3ccc(-c4ccc(Br)cc4)o3)S2)cc1. The maximum Gasteiger partial charge on any atom is 0.260 e. The van der Waals surface area contributed by atoms with Crippen molar-refractivity contribution in [2.24, 2.45) is 0 Å². The second kappa shape index (κ2) is 8.29. The number of furan rings is 1. The molecule has 4 rings (SSSR count). The number of benzene rings is 2. The minimum atomic E-state index is -0.202. The molecule has 0 radical (unpaired) electrons. The molecule has 2 aromatic carbocycles. The van der Waals surface area contributed by atoms with Crippen molar-refractivity contribution in [3.05, 3.63) is 81.4 Å². The van der Waals surface area contributed by atoms with Gasteiger partial charge in [0, 0.05) is 21.8 Å². The number of amides is 1. The van der Waals surface area contributed by atoms with Crippen LogP contribution in [0.25, 0.3) is 17.4 Å². The number of carbonyl (C=O) groups excluding carboxylic acids is 1. The van der Waals surface area contributed by atoms with E-state index in [1.807, 2.05) is 48.5 Å². The van der Waals surface area contributed by atoms with E-state index in [1.165, 1.54) is 17.3 Å². The summed E-state index contributed by atoms with van der Waals surface area (Å²) >= 11 is 4.88. The minimum Gasteiger partial charge on any atom is -0.457 e. The summed E-state index contributed by atoms with van der Waals surface area (Å²) in [6, 6.07) is 20.0. The third kappa shape index (κ3) is 4.34. The molecule has 1 atom stereocenters. The van der Waals surface area contributed by atoms with Crippen molar-refractivity contribution in [2.75, 3.05) is 5.32 Å². The maximum atomic E-state index is 12.3. The molecule has 0 bridgehead atoms. The molecule has 1 aliphatic rings. The van der Waals surface area contributed by atoms with Gasteiger partial charge in [-0.25, -0.2) is 0 Å². The van der Waals surface area contributed by atoms with Crippen LogP contribution in [-0.2, 0) is 11.2 Å². The quantitative estimate of drug-likeness (QED) is 0.473. The summed E-state index contributed by atoms with van der Waals surface area (Å²) in [6.07, 6.45) is 2.79. The van der Waals surface area contributed by atoms with Gasteiger partial charge in [-0.15, -0.1) is 0 Å². The van der Waals surface area contributed by atoms with Crippen molar-refractivity contribution >= 4 is 45.4 Å². The number of thioether (sulfide) groups is 1. The van der Waals surface area contributed by atoms with Gasteiger partial charge in [-0.1, -0.05) is 58.9 Å². The minimum absolute atomic E-state index is 0.103. The molecule has 0 unspecified atom stereocenters. The first-order valence-electron chi connectivity index (χ1n) is 9.01. The lowest BCUT2D eigenvalue weighted by molar-refractivity contribution is -0.116. The van der Waals surface area contributed by atoms with Gasteiger partial charge in [0.05, 0.1) is 4.91 Å². The second-order valence-electron chi connectivity index (χ2n) is 6.38. The summed E-state index contributed by atoms with van der Waals surface area (Å²) in [6.45, 7) is 2.13. The molecule has 1 aliphatic heterocycles. The number of hydrogen-bond acceptors (Lipinski definition) is 4. The lowest BCUT2D eigenvalue weighted by Crippen LogP contribution is -2.30. The van der Waals surface area contributed by atoms with E-state index < -0.39 is 0 Å². The maximum absolute atomic E-state index is 12.3. The Kier molecular flexibility index (Phi) is 5.59. The summed E-state index contributed by atoms with van der Waals surface area (Å²) in [7, 11) is 0. The first kappa shape index (κ1) is 18.9. The van der Waals surface area contributed by atoms with Crippen molar-refractivity contribution < 1.29 is 9.21 Å². The van der Waals surface area contributed by atoms with Gasteiger partial charge < -0.3 is 15.1 Å². The zero-order valence-corrected chi connectivity index (χ0v) is 17.6. The van der Waals surface area contributed by atoms with Crippen LogP contribution in [0.5, 0.6) is 0 Å². The van der Waals surface area contributed by atoms with Crippen molar-refractivity contribution in [3.8, 4) is 11.3 Å². The summed E-state index contributed by atoms with van der Waals surface area (Å²) in [4.78, 5) is 12.9. The normalized spacial score (nSPS) is 17.7. The van der Waals surface area contributed by atoms with Gasteiger partial charge in [-0.2, -0.15) is 0 Å². The number of anilines is 1. The van der Waals surface area contributed by atoms with E-state index in [2.05, 4.69) is 45.6 Å². The highest BCUT2D eigenvalue weighted by Gasteiger charge is 2.27. The van der Waals surface area contributed by atoms with E-state index >= 15 is 0 Å². The van der Waals surface area contributed by atoms with Crippen LogP contribution in [0.2, 0.25) is 0 Å². The van der Waals surface area contributed by atoms with Crippen LogP contribution >= 0.6 is 27.7 Å². The van der Waals surface area contributed by atoms with Crippen LogP contribution < -0.4 is 10.6 Å². The molecule has 6 heteroatoms. The molecule has 0 saturated carbocycles. The van der Waals surface area contributed by atoms with Crippen molar-refractivity contribution in [1.29, 1.82) is 0 Å². The van der Waals surface area contributed by atoms with Gasteiger partial charge in [0.15, 0.2) is 5.50 Å². The number of aryl methyl sites for hydroxylation is 1. The lowest BCUT2D eigenvalue weighted by Gasteiger charge is -2.12. The average Bonchev–Trinajstić information content (AvgIpc) is 3.30. The third-order valence-electron chi connectivity index (χ3n) is 4.42. The Morgan fingerprint density at radius 1 is 1.11 bits per heavy atom. The van der Waals surface area contributed by atoms with E-state index in [4.69, 9.17) is 4.42 Å². The Bertz CT molecular complexity index is 1010. The number of hydrogen-bond donors (Lipinski definition) is 2. The fourth-order valence-electron chi connectivity index (χ4n) is 2.88. The number of halogens is 1. The van der Waals surface area contributed by atoms with Crippen LogP contribution in [-0.4, -0.2) is 11.4 Å². The summed E-state index contributed by atoms with van der Waals surface area (Å²) in [5, 5.41) is 6.27. The first-order valence-corrected chi connectivity index (χ1v) is 10.7. The lowest BCUT2D eigenvalue weighted by atomic mass is 10.1. The van der Waals surface area contributed by atoms with E-state index in [1.54, 1.807) is 6.08 Å². The van der Waals surface area contributed by atoms with Crippen LogP contribution in [0, 0.1) is 0 Å². The van der Waals surface area contributed by atoms with E-state index in [9.17, 15) is 4.79 Å². The van der Waals surface area contributed by atoms with E-state index in [-0.39, 0.29) is 11.4 Å². The Labute approximate surface area is 176 Å². The molecule has 1 amide bonds. The predicted molar refractivity (Wildman–Crippen MR) is 119 cm³/mol. The highest BCUT2D eigenvalue weighted by atomic mass is 79.9. The molecule has 4 nitrogen and oxygen atoms in total. The zero-order valence-electron chi connectivity index (χ0n) is 15.2. The fraction of sp³-hybridized carbons (Fsp3) is 0.136. The molecule has 1 fully saturated rings. The van der Waals surface area contributed by atoms with Gasteiger partial charge in [0.2, 0.25) is 0 Å². The molecule has 0 aliphatic carbocycles. The Balaban J connectivity index is 1.45. The highest BCUT2D eigenvalue weighted by molar-refractivity contribution is 9.10. The topological polar surface area (TPSA) is 54.3 Å². The molecular weight excluding hydrogens is 436 g/mol. The molecule has 3 aromatic rings. The summed E-state index contributed by atoms with van der Waals surface area (Å²) in [5.41, 5.74) is 3.05. The monoisotopic (exact) mass is 454 g/mol. The zero-order chi connectivity index (χ0) is 19.5. The van der Waals surface area contributed by atoms with E-state index in [0.717, 1.165) is 27.9 Å². The van der Waals surface area contributed by atoms with Gasteiger partial charge in [-0.3, -0.25) is 4.79 Å². The van der Waals surface area contributed by atoms with Crippen LogP contribution in [0.1, 0.15) is 18.2 Å². The Morgan fingerprint density at radius 2 is 1.86 bits per heavy atom. The molecule has 142 valence electrons. The van der Waals surface area contributed by atoms with Gasteiger partial charge >= 0.3 is 0 Å². The molecule has 1 saturated heterocycles. The largest absolute Gasteiger partial charge is 0.457 e. The first-order chi connectivity index (χ1) is 13.6. The van der Waals surface area contributed by atoms with Gasteiger partial charge in [-0.05, 0) is 48.4 Å². The third-order valence-corrected chi connectivity index (χ3v) is 5.98. The molecule has 1 aromatic heterocycles. The summed E-state index contributed by atoms with van der Waals surface area (Å²) in [5.74, 6) is 1.33. The fourth-order valence-corrected chi connectivity index (χ4v) is 4.11. The molecule has 2 N–H and O–H groups in total. The van der Waals surface area contributed by atoms with Gasteiger partial charge in [0.1, 0.15) is 11.5 Å². The smallest absolute Gasteiger partial charge is 0.260 e. The highest BCUT2D eigenvalue weighted by Crippen LogP contribution is 2.32. The van der Waals surface area contributed by atoms with Crippen molar-refractivity contribution in [1.82, 2.24) is 5.32 Å². The number of carbonyl (C=O) groups is 1. The average molecular weight is 455 g/mol. The number of rotatable bonds is 5. The van der Waals surface area contributed by atoms with E-state index in [0.29, 0.717) is 10.7 Å². The van der Waals surface area contributed by atoms with Crippen LogP contribution in [0.15, 0.2) is 74.5 Å². The molecule has 2 heterocycles. The number of nitrogens with one attached hydrogen (secondary N) is 2. The van der Waals surface area contributed by atoms with Crippen molar-refractivity contribution in [2.45, 2.75) is 18.8 Å². The van der Waals surface area contributed by atoms with Gasteiger partial charge in [0.25, 0.3) is 5.91 Å². The molecule has 0 spiro atoms. The second-order valence-corrected chi connectivity index (χ2v) is 8.45. The van der Waals surface area contributed by atoms with Crippen molar-refractivity contribution in [3.63, 3.8) is 0 Å². The predicted octanol–water partition coefficient (Wildman–Crippen LogP) is 5.87. The molecule has 28 heavy (non-hydrogen) atoms. The summed E-state index contributed by atoms with van der Waals surface area (Å²) < 4.78 is 6.91. The standard InChI is InChI=1S/C22H19BrN2O2S/c1-2-14-3-9-17(10-4-14)24-22-25-21(26)20(28-22)13-18-11-12-19(27-18)15-5-7-16(23)8-6-15/h3-13,22,24H,2H2,1H3,(H,25,26)/b20-13+/t22-/m0/s1.